The Kier molecular flexibility index (Phi) is 3.52. The average molecular weight is 200 g/mol. The minimum Gasteiger partial charge on any atom is -0.495 e. The molecule has 13 heavy (non-hydrogen) atoms. The van der Waals surface area contributed by atoms with Crippen molar-refractivity contribution in [2.24, 2.45) is 16.2 Å². The van der Waals surface area contributed by atoms with Crippen molar-refractivity contribution in [1.82, 2.24) is 0 Å². The van der Waals surface area contributed by atoms with E-state index in [0.29, 0.717) is 17.3 Å². The summed E-state index contributed by atoms with van der Waals surface area (Å²) in [5.41, 5.74) is 0.944. The highest BCUT2D eigenvalue weighted by atomic mass is 35.5. The normalized spacial score (nSPS) is 10.6. The molecule has 1 aromatic carbocycles. The molecule has 0 radical (unpaired) electrons. The van der Waals surface area contributed by atoms with Crippen molar-refractivity contribution in [3.05, 3.63) is 28.8 Å². The molecule has 0 aliphatic carbocycles. The van der Waals surface area contributed by atoms with Crippen LogP contribution in [0.5, 0.6) is 5.75 Å². The molecule has 1 aromatic rings. The van der Waals surface area contributed by atoms with Crippen molar-refractivity contribution >= 4 is 11.6 Å². The smallest absolute Gasteiger partial charge is 0.137 e. The summed E-state index contributed by atoms with van der Waals surface area (Å²) >= 11 is 5.88. The van der Waals surface area contributed by atoms with E-state index in [2.05, 4.69) is 10.3 Å². The third-order valence-electron chi connectivity index (χ3n) is 1.55. The van der Waals surface area contributed by atoms with Crippen molar-refractivity contribution in [3.8, 4) is 5.75 Å². The van der Waals surface area contributed by atoms with Crippen molar-refractivity contribution < 1.29 is 4.74 Å². The SMILES string of the molecule is COc1ccc(CN=NN)cc1Cl. The highest BCUT2D eigenvalue weighted by Gasteiger charge is 2.00. The van der Waals surface area contributed by atoms with Crippen LogP contribution < -0.4 is 10.6 Å². The van der Waals surface area contributed by atoms with Gasteiger partial charge >= 0.3 is 0 Å². The van der Waals surface area contributed by atoms with E-state index < -0.39 is 0 Å². The molecule has 0 aromatic heterocycles. The van der Waals surface area contributed by atoms with Gasteiger partial charge in [0.2, 0.25) is 0 Å². The lowest BCUT2D eigenvalue weighted by molar-refractivity contribution is 0.415. The summed E-state index contributed by atoms with van der Waals surface area (Å²) in [6.45, 7) is 0.431. The van der Waals surface area contributed by atoms with Crippen LogP contribution in [0.25, 0.3) is 0 Å². The molecule has 0 saturated carbocycles. The molecule has 1 rings (SSSR count). The maximum atomic E-state index is 5.88. The Hall–Kier alpha value is -1.29. The van der Waals surface area contributed by atoms with Gasteiger partial charge in [-0.2, -0.15) is 5.11 Å². The van der Waals surface area contributed by atoms with Crippen molar-refractivity contribution in [3.63, 3.8) is 0 Å². The summed E-state index contributed by atoms with van der Waals surface area (Å²) < 4.78 is 4.99. The molecule has 0 aliphatic heterocycles. The predicted molar refractivity (Wildman–Crippen MR) is 50.8 cm³/mol. The molecule has 0 unspecified atom stereocenters. The average Bonchev–Trinajstić information content (AvgIpc) is 2.15. The zero-order valence-corrected chi connectivity index (χ0v) is 7.95. The number of rotatable bonds is 3. The van der Waals surface area contributed by atoms with Gasteiger partial charge in [0.05, 0.1) is 18.7 Å². The number of ether oxygens (including phenoxy) is 1. The number of hydrogen-bond acceptors (Lipinski definition) is 3. The van der Waals surface area contributed by atoms with Crippen LogP contribution >= 0.6 is 11.6 Å². The van der Waals surface area contributed by atoms with Gasteiger partial charge in [0.1, 0.15) is 5.75 Å². The fraction of sp³-hybridized carbons (Fsp3) is 0.250. The van der Waals surface area contributed by atoms with Gasteiger partial charge in [0, 0.05) is 0 Å². The van der Waals surface area contributed by atoms with Gasteiger partial charge < -0.3 is 10.6 Å². The van der Waals surface area contributed by atoms with Crippen molar-refractivity contribution in [2.45, 2.75) is 6.54 Å². The summed E-state index contributed by atoms with van der Waals surface area (Å²) in [5.74, 6) is 5.52. The van der Waals surface area contributed by atoms with Gasteiger partial charge in [-0.05, 0) is 17.7 Å². The molecule has 0 bridgehead atoms. The minimum absolute atomic E-state index is 0.431. The predicted octanol–water partition coefficient (Wildman–Crippen LogP) is 2.17. The second-order valence-corrected chi connectivity index (χ2v) is 2.79. The van der Waals surface area contributed by atoms with Crippen molar-refractivity contribution in [2.75, 3.05) is 7.11 Å². The lowest BCUT2D eigenvalue weighted by Gasteiger charge is -2.03. The number of nitrogens with zero attached hydrogens (tertiary/aromatic N) is 2. The summed E-state index contributed by atoms with van der Waals surface area (Å²) in [7, 11) is 1.57. The van der Waals surface area contributed by atoms with E-state index in [4.69, 9.17) is 22.2 Å². The summed E-state index contributed by atoms with van der Waals surface area (Å²) in [6, 6.07) is 5.41. The molecule has 4 nitrogen and oxygen atoms in total. The van der Waals surface area contributed by atoms with E-state index >= 15 is 0 Å². The Morgan fingerprint density at radius 3 is 2.85 bits per heavy atom. The molecule has 0 atom stereocenters. The molecule has 2 N–H and O–H groups in total. The Balaban J connectivity index is 2.83. The zero-order chi connectivity index (χ0) is 9.68. The van der Waals surface area contributed by atoms with Crippen LogP contribution in [0, 0.1) is 0 Å². The summed E-state index contributed by atoms with van der Waals surface area (Å²) in [4.78, 5) is 0. The fourth-order valence-corrected chi connectivity index (χ4v) is 1.21. The second-order valence-electron chi connectivity index (χ2n) is 2.38. The standard InChI is InChI=1S/C8H10ClN3O/c1-13-8-3-2-6(4-7(8)9)5-11-12-10/h2-4H,5H2,1H3,(H2,10,11). The van der Waals surface area contributed by atoms with E-state index in [0.717, 1.165) is 5.56 Å². The first-order valence-corrected chi connectivity index (χ1v) is 4.05. The quantitative estimate of drug-likeness (QED) is 0.461. The maximum absolute atomic E-state index is 5.88. The minimum atomic E-state index is 0.431. The molecule has 5 heteroatoms. The number of halogens is 1. The Bertz CT molecular complexity index is 314. The van der Waals surface area contributed by atoms with Crippen LogP contribution in [-0.2, 0) is 6.54 Å². The van der Waals surface area contributed by atoms with Crippen LogP contribution in [0.1, 0.15) is 5.56 Å². The number of benzene rings is 1. The summed E-state index contributed by atoms with van der Waals surface area (Å²) in [5, 5.41) is 7.36. The lowest BCUT2D eigenvalue weighted by Crippen LogP contribution is -1.87. The van der Waals surface area contributed by atoms with Gasteiger partial charge in [0.25, 0.3) is 0 Å². The zero-order valence-electron chi connectivity index (χ0n) is 7.20. The van der Waals surface area contributed by atoms with E-state index in [-0.39, 0.29) is 0 Å². The Labute approximate surface area is 81.3 Å². The third kappa shape index (κ3) is 2.59. The van der Waals surface area contributed by atoms with Crippen molar-refractivity contribution in [1.29, 1.82) is 0 Å². The number of nitrogens with two attached hydrogens (primary N) is 1. The Morgan fingerprint density at radius 2 is 2.31 bits per heavy atom. The molecule has 0 heterocycles. The molecule has 0 aliphatic rings. The van der Waals surface area contributed by atoms with Crippen LogP contribution in [0.2, 0.25) is 5.02 Å². The third-order valence-corrected chi connectivity index (χ3v) is 1.85. The first-order valence-electron chi connectivity index (χ1n) is 3.67. The fourth-order valence-electron chi connectivity index (χ4n) is 0.931. The molecule has 0 amide bonds. The first kappa shape index (κ1) is 9.80. The van der Waals surface area contributed by atoms with E-state index in [1.54, 1.807) is 19.2 Å². The maximum Gasteiger partial charge on any atom is 0.137 e. The first-order chi connectivity index (χ1) is 6.27. The van der Waals surface area contributed by atoms with Gasteiger partial charge in [-0.1, -0.05) is 22.9 Å². The lowest BCUT2D eigenvalue weighted by atomic mass is 10.2. The van der Waals surface area contributed by atoms with Gasteiger partial charge in [-0.25, -0.2) is 0 Å². The summed E-state index contributed by atoms with van der Waals surface area (Å²) in [6.07, 6.45) is 0. The molecule has 0 saturated heterocycles. The van der Waals surface area contributed by atoms with E-state index in [1.165, 1.54) is 0 Å². The Morgan fingerprint density at radius 1 is 1.54 bits per heavy atom. The molecular weight excluding hydrogens is 190 g/mol. The monoisotopic (exact) mass is 199 g/mol. The van der Waals surface area contributed by atoms with E-state index in [1.807, 2.05) is 6.07 Å². The number of methoxy groups -OCH3 is 1. The molecule has 70 valence electrons. The van der Waals surface area contributed by atoms with Gasteiger partial charge in [-0.15, -0.1) is 0 Å². The highest BCUT2D eigenvalue weighted by Crippen LogP contribution is 2.25. The van der Waals surface area contributed by atoms with Crippen LogP contribution in [0.4, 0.5) is 0 Å². The van der Waals surface area contributed by atoms with E-state index in [9.17, 15) is 0 Å². The highest BCUT2D eigenvalue weighted by molar-refractivity contribution is 6.32. The second kappa shape index (κ2) is 4.67. The van der Waals surface area contributed by atoms with Crippen LogP contribution in [0.3, 0.4) is 0 Å². The molecule has 0 fully saturated rings. The number of hydrogen-bond donors (Lipinski definition) is 1. The largest absolute Gasteiger partial charge is 0.495 e. The molecular formula is C8H10ClN3O. The van der Waals surface area contributed by atoms with Gasteiger partial charge in [0.15, 0.2) is 0 Å². The van der Waals surface area contributed by atoms with Gasteiger partial charge in [-0.3, -0.25) is 0 Å². The van der Waals surface area contributed by atoms with Crippen LogP contribution in [-0.4, -0.2) is 7.11 Å². The topological polar surface area (TPSA) is 60.0 Å². The van der Waals surface area contributed by atoms with Crippen LogP contribution in [0.15, 0.2) is 28.5 Å². The molecule has 0 spiro atoms.